The summed E-state index contributed by atoms with van der Waals surface area (Å²) in [5.41, 5.74) is -0.599. The summed E-state index contributed by atoms with van der Waals surface area (Å²) in [5, 5.41) is 2.49. The predicted molar refractivity (Wildman–Crippen MR) is 66.0 cm³/mol. The Hall–Kier alpha value is -1.30. The number of carbonyl (C=O) groups is 2. The lowest BCUT2D eigenvalue weighted by molar-refractivity contribution is -0.145. The molecule has 0 spiro atoms. The number of rotatable bonds is 5. The van der Waals surface area contributed by atoms with Crippen LogP contribution in [0.2, 0.25) is 0 Å². The van der Waals surface area contributed by atoms with Gasteiger partial charge in [-0.25, -0.2) is 4.79 Å². The molecule has 0 unspecified atom stereocenters. The Labute approximate surface area is 108 Å². The highest BCUT2D eigenvalue weighted by atomic mass is 16.6. The minimum absolute atomic E-state index is 0.0616. The van der Waals surface area contributed by atoms with Crippen molar-refractivity contribution in [1.82, 2.24) is 5.32 Å². The number of ether oxygens (including phenoxy) is 3. The van der Waals surface area contributed by atoms with Crippen molar-refractivity contribution < 1.29 is 23.8 Å². The number of carbonyl (C=O) groups excluding carboxylic acids is 2. The molecule has 0 aliphatic heterocycles. The second-order valence-corrected chi connectivity index (χ2v) is 5.10. The van der Waals surface area contributed by atoms with Crippen molar-refractivity contribution in [3.8, 4) is 0 Å². The highest BCUT2D eigenvalue weighted by molar-refractivity contribution is 5.72. The highest BCUT2D eigenvalue weighted by Gasteiger charge is 2.22. The van der Waals surface area contributed by atoms with Gasteiger partial charge in [0.05, 0.1) is 19.6 Å². The van der Waals surface area contributed by atoms with Crippen molar-refractivity contribution in [2.45, 2.75) is 59.0 Å². The lowest BCUT2D eigenvalue weighted by Gasteiger charge is -2.24. The van der Waals surface area contributed by atoms with Crippen LogP contribution in [0.1, 0.15) is 41.0 Å². The van der Waals surface area contributed by atoms with Crippen LogP contribution in [-0.4, -0.2) is 37.1 Å². The Kier molecular flexibility index (Phi) is 6.68. The first-order valence-corrected chi connectivity index (χ1v) is 5.86. The number of esters is 1. The molecule has 0 aliphatic rings. The van der Waals surface area contributed by atoms with Crippen LogP contribution in [0, 0.1) is 0 Å². The molecule has 106 valence electrons. The molecule has 0 heterocycles. The van der Waals surface area contributed by atoms with Gasteiger partial charge >= 0.3 is 12.1 Å². The summed E-state index contributed by atoms with van der Waals surface area (Å²) in [6.45, 7) is 8.88. The molecule has 0 aromatic carbocycles. The molecule has 0 rings (SSSR count). The second kappa shape index (κ2) is 7.20. The molecule has 0 saturated heterocycles. The molecular weight excluding hydrogens is 238 g/mol. The largest absolute Gasteiger partial charge is 0.469 e. The van der Waals surface area contributed by atoms with Gasteiger partial charge in [-0.2, -0.15) is 0 Å². The van der Waals surface area contributed by atoms with E-state index in [0.717, 1.165) is 0 Å². The smallest absolute Gasteiger partial charge is 0.409 e. The van der Waals surface area contributed by atoms with E-state index < -0.39 is 23.9 Å². The van der Waals surface area contributed by atoms with E-state index in [9.17, 15) is 9.59 Å². The summed E-state index contributed by atoms with van der Waals surface area (Å²) in [6.07, 6.45) is -1.58. The Morgan fingerprint density at radius 1 is 1.22 bits per heavy atom. The van der Waals surface area contributed by atoms with Crippen LogP contribution >= 0.6 is 0 Å². The zero-order chi connectivity index (χ0) is 14.3. The maximum Gasteiger partial charge on any atom is 0.409 e. The van der Waals surface area contributed by atoms with E-state index in [1.54, 1.807) is 34.6 Å². The van der Waals surface area contributed by atoms with Gasteiger partial charge in [0.15, 0.2) is 0 Å². The van der Waals surface area contributed by atoms with Crippen molar-refractivity contribution in [3.05, 3.63) is 0 Å². The Morgan fingerprint density at radius 2 is 1.78 bits per heavy atom. The minimum Gasteiger partial charge on any atom is -0.469 e. The number of alkyl carbamates (subject to hydrolysis) is 1. The molecular formula is C12H23NO5. The number of amides is 1. The minimum atomic E-state index is -0.757. The summed E-state index contributed by atoms with van der Waals surface area (Å²) < 4.78 is 15.0. The molecule has 0 aromatic rings. The van der Waals surface area contributed by atoms with Crippen molar-refractivity contribution in [2.24, 2.45) is 0 Å². The lowest BCUT2D eigenvalue weighted by atomic mass is 10.2. The average molecular weight is 261 g/mol. The zero-order valence-electron chi connectivity index (χ0n) is 11.9. The fourth-order valence-electron chi connectivity index (χ4n) is 1.14. The third-order valence-electron chi connectivity index (χ3n) is 1.69. The first kappa shape index (κ1) is 16.7. The average Bonchev–Trinajstić information content (AvgIpc) is 2.12. The molecule has 0 radical (unpaired) electrons. The maximum atomic E-state index is 11.6. The highest BCUT2D eigenvalue weighted by Crippen LogP contribution is 2.08. The Morgan fingerprint density at radius 3 is 2.17 bits per heavy atom. The summed E-state index contributed by atoms with van der Waals surface area (Å²) >= 11 is 0. The second-order valence-electron chi connectivity index (χ2n) is 5.10. The Balaban J connectivity index is 4.39. The van der Waals surface area contributed by atoms with Gasteiger partial charge in [0.2, 0.25) is 0 Å². The number of methoxy groups -OCH3 is 1. The standard InChI is InChI=1S/C12H23NO5/c1-8(2)17-9(7-10(14)16-6)13-11(15)18-12(3,4)5/h8-9H,7H2,1-6H3,(H,13,15)/t9-/m0/s1. The molecule has 1 N–H and O–H groups in total. The molecule has 0 aromatic heterocycles. The SMILES string of the molecule is COC(=O)C[C@@H](NC(=O)OC(C)(C)C)OC(C)C. The normalized spacial score (nSPS) is 13.1. The summed E-state index contributed by atoms with van der Waals surface area (Å²) in [7, 11) is 1.28. The van der Waals surface area contributed by atoms with Gasteiger partial charge in [-0.15, -0.1) is 0 Å². The molecule has 6 heteroatoms. The fourth-order valence-corrected chi connectivity index (χ4v) is 1.14. The summed E-state index contributed by atoms with van der Waals surface area (Å²) in [5.74, 6) is -0.461. The number of hydrogen-bond donors (Lipinski definition) is 1. The topological polar surface area (TPSA) is 73.9 Å². The first-order valence-electron chi connectivity index (χ1n) is 5.86. The molecule has 1 atom stereocenters. The maximum absolute atomic E-state index is 11.6. The monoisotopic (exact) mass is 261 g/mol. The number of hydrogen-bond acceptors (Lipinski definition) is 5. The zero-order valence-corrected chi connectivity index (χ0v) is 11.9. The molecule has 0 aliphatic carbocycles. The van der Waals surface area contributed by atoms with Crippen LogP contribution < -0.4 is 5.32 Å². The van der Waals surface area contributed by atoms with Crippen LogP contribution in [-0.2, 0) is 19.0 Å². The van der Waals surface area contributed by atoms with E-state index >= 15 is 0 Å². The van der Waals surface area contributed by atoms with E-state index in [-0.39, 0.29) is 12.5 Å². The van der Waals surface area contributed by atoms with Gasteiger partial charge in [0, 0.05) is 0 Å². The van der Waals surface area contributed by atoms with Crippen LogP contribution in [0.5, 0.6) is 0 Å². The molecule has 6 nitrogen and oxygen atoms in total. The van der Waals surface area contributed by atoms with Gasteiger partial charge < -0.3 is 14.2 Å². The molecule has 1 amide bonds. The molecule has 0 saturated carbocycles. The van der Waals surface area contributed by atoms with Crippen LogP contribution in [0.15, 0.2) is 0 Å². The van der Waals surface area contributed by atoms with Gasteiger partial charge in [-0.1, -0.05) is 0 Å². The third-order valence-corrected chi connectivity index (χ3v) is 1.69. The fraction of sp³-hybridized carbons (Fsp3) is 0.833. The van der Waals surface area contributed by atoms with E-state index in [1.165, 1.54) is 7.11 Å². The van der Waals surface area contributed by atoms with Crippen LogP contribution in [0.4, 0.5) is 4.79 Å². The van der Waals surface area contributed by atoms with Crippen molar-refractivity contribution in [3.63, 3.8) is 0 Å². The van der Waals surface area contributed by atoms with Gasteiger partial charge in [0.1, 0.15) is 11.8 Å². The quantitative estimate of drug-likeness (QED) is 0.603. The van der Waals surface area contributed by atoms with E-state index in [1.807, 2.05) is 0 Å². The summed E-state index contributed by atoms with van der Waals surface area (Å²) in [6, 6.07) is 0. The summed E-state index contributed by atoms with van der Waals surface area (Å²) in [4.78, 5) is 22.7. The van der Waals surface area contributed by atoms with Gasteiger partial charge in [0.25, 0.3) is 0 Å². The van der Waals surface area contributed by atoms with Gasteiger partial charge in [-0.3, -0.25) is 10.1 Å². The van der Waals surface area contributed by atoms with E-state index in [4.69, 9.17) is 9.47 Å². The van der Waals surface area contributed by atoms with Gasteiger partial charge in [-0.05, 0) is 34.6 Å². The van der Waals surface area contributed by atoms with Crippen LogP contribution in [0.25, 0.3) is 0 Å². The first-order chi connectivity index (χ1) is 8.14. The van der Waals surface area contributed by atoms with Crippen molar-refractivity contribution in [1.29, 1.82) is 0 Å². The van der Waals surface area contributed by atoms with Crippen molar-refractivity contribution in [2.75, 3.05) is 7.11 Å². The number of nitrogens with one attached hydrogen (secondary N) is 1. The van der Waals surface area contributed by atoms with Crippen LogP contribution in [0.3, 0.4) is 0 Å². The molecule has 18 heavy (non-hydrogen) atoms. The lowest BCUT2D eigenvalue weighted by Crippen LogP contribution is -2.42. The molecule has 0 bridgehead atoms. The molecule has 0 fully saturated rings. The predicted octanol–water partition coefficient (Wildman–Crippen LogP) is 1.83. The van der Waals surface area contributed by atoms with Crippen molar-refractivity contribution >= 4 is 12.1 Å². The van der Waals surface area contributed by atoms with E-state index in [2.05, 4.69) is 10.1 Å². The third kappa shape index (κ3) is 8.81. The van der Waals surface area contributed by atoms with E-state index in [0.29, 0.717) is 0 Å². The Bertz CT molecular complexity index is 283.